The molecule has 0 aromatic heterocycles. The van der Waals surface area contributed by atoms with Crippen molar-refractivity contribution in [3.63, 3.8) is 0 Å². The fourth-order valence-corrected chi connectivity index (χ4v) is 2.58. The lowest BCUT2D eigenvalue weighted by Crippen LogP contribution is -2.34. The number of nitrogens with two attached hydrogens (primary N) is 1. The quantitative estimate of drug-likeness (QED) is 0.877. The number of aryl methyl sites for hydroxylation is 1. The monoisotopic (exact) mass is 270 g/mol. The Kier molecular flexibility index (Phi) is 4.64. The Bertz CT molecular complexity index is 551. The molecule has 0 aliphatic rings. The van der Waals surface area contributed by atoms with Crippen molar-refractivity contribution in [1.82, 2.24) is 0 Å². The summed E-state index contributed by atoms with van der Waals surface area (Å²) in [7, 11) is 0. The molecule has 0 heterocycles. The van der Waals surface area contributed by atoms with E-state index in [0.717, 1.165) is 12.1 Å². The first-order chi connectivity index (χ1) is 9.67. The summed E-state index contributed by atoms with van der Waals surface area (Å²) in [6.07, 6.45) is 0. The van der Waals surface area contributed by atoms with E-state index in [2.05, 4.69) is 36.9 Å². The molecule has 0 aliphatic carbocycles. The average Bonchev–Trinajstić information content (AvgIpc) is 2.47. The normalized spacial score (nSPS) is 12.2. The minimum atomic E-state index is 0.113. The summed E-state index contributed by atoms with van der Waals surface area (Å²) in [5.41, 5.74) is 9.57. The third kappa shape index (κ3) is 2.94. The van der Waals surface area contributed by atoms with Crippen LogP contribution in [0.3, 0.4) is 0 Å². The van der Waals surface area contributed by atoms with Gasteiger partial charge in [-0.05, 0) is 43.2 Å². The summed E-state index contributed by atoms with van der Waals surface area (Å²) >= 11 is 0. The number of hydrogen-bond acceptors (Lipinski definition) is 3. The van der Waals surface area contributed by atoms with Crippen LogP contribution < -0.4 is 10.6 Å². The molecule has 0 saturated carbocycles. The third-order valence-electron chi connectivity index (χ3n) is 3.64. The van der Waals surface area contributed by atoms with E-state index in [1.807, 2.05) is 18.2 Å². The van der Waals surface area contributed by atoms with E-state index in [1.165, 1.54) is 11.3 Å². The predicted octanol–water partition coefficient (Wildman–Crippen LogP) is 3.23. The van der Waals surface area contributed by atoms with E-state index in [1.54, 1.807) is 12.1 Å². The lowest BCUT2D eigenvalue weighted by atomic mass is 10.0. The number of para-hydroxylation sites is 1. The van der Waals surface area contributed by atoms with Crippen LogP contribution in [0, 0.1) is 6.92 Å². The predicted molar refractivity (Wildman–Crippen MR) is 84.1 cm³/mol. The first kappa shape index (κ1) is 14.4. The largest absolute Gasteiger partial charge is 0.508 e. The van der Waals surface area contributed by atoms with Gasteiger partial charge in [0.15, 0.2) is 0 Å². The molecule has 0 bridgehead atoms. The van der Waals surface area contributed by atoms with E-state index in [9.17, 15) is 5.11 Å². The van der Waals surface area contributed by atoms with Crippen molar-refractivity contribution in [3.8, 4) is 5.75 Å². The molecule has 0 radical (unpaired) electrons. The maximum Gasteiger partial charge on any atom is 0.115 e. The van der Waals surface area contributed by atoms with Crippen LogP contribution >= 0.6 is 0 Å². The zero-order valence-corrected chi connectivity index (χ0v) is 12.1. The first-order valence-electron chi connectivity index (χ1n) is 6.98. The highest BCUT2D eigenvalue weighted by atomic mass is 16.3. The number of rotatable bonds is 5. The first-order valence-corrected chi connectivity index (χ1v) is 6.98. The van der Waals surface area contributed by atoms with E-state index in [-0.39, 0.29) is 11.8 Å². The lowest BCUT2D eigenvalue weighted by molar-refractivity contribution is 0.474. The Morgan fingerprint density at radius 3 is 2.30 bits per heavy atom. The number of anilines is 1. The van der Waals surface area contributed by atoms with Gasteiger partial charge in [-0.15, -0.1) is 0 Å². The summed E-state index contributed by atoms with van der Waals surface area (Å²) in [5, 5.41) is 9.42. The van der Waals surface area contributed by atoms with E-state index in [4.69, 9.17) is 5.73 Å². The molecular formula is C17H22N2O. The molecule has 2 aromatic rings. The molecule has 3 nitrogen and oxygen atoms in total. The van der Waals surface area contributed by atoms with Crippen molar-refractivity contribution >= 4 is 5.69 Å². The highest BCUT2D eigenvalue weighted by Gasteiger charge is 2.19. The van der Waals surface area contributed by atoms with Crippen molar-refractivity contribution in [3.05, 3.63) is 59.7 Å². The molecule has 2 rings (SSSR count). The van der Waals surface area contributed by atoms with Gasteiger partial charge in [0, 0.05) is 18.8 Å². The lowest BCUT2D eigenvalue weighted by Gasteiger charge is -2.33. The molecule has 0 aliphatic heterocycles. The minimum Gasteiger partial charge on any atom is -0.508 e. The van der Waals surface area contributed by atoms with Crippen LogP contribution in [0.15, 0.2) is 48.5 Å². The molecule has 20 heavy (non-hydrogen) atoms. The molecule has 1 unspecified atom stereocenters. The number of aromatic hydroxyl groups is 1. The summed E-state index contributed by atoms with van der Waals surface area (Å²) < 4.78 is 0. The maximum absolute atomic E-state index is 9.42. The summed E-state index contributed by atoms with van der Waals surface area (Å²) in [6, 6.07) is 15.8. The van der Waals surface area contributed by atoms with Crippen molar-refractivity contribution in [1.29, 1.82) is 0 Å². The van der Waals surface area contributed by atoms with E-state index in [0.29, 0.717) is 6.54 Å². The van der Waals surface area contributed by atoms with Gasteiger partial charge in [-0.2, -0.15) is 0 Å². The fraction of sp³-hybridized carbons (Fsp3) is 0.294. The highest BCUT2D eigenvalue weighted by Crippen LogP contribution is 2.29. The van der Waals surface area contributed by atoms with Crippen molar-refractivity contribution < 1.29 is 5.11 Å². The Labute approximate surface area is 120 Å². The molecule has 3 N–H and O–H groups in total. The van der Waals surface area contributed by atoms with Crippen LogP contribution in [0.1, 0.15) is 24.1 Å². The second-order valence-corrected chi connectivity index (χ2v) is 4.92. The molecule has 1 atom stereocenters. The van der Waals surface area contributed by atoms with E-state index >= 15 is 0 Å². The van der Waals surface area contributed by atoms with Crippen LogP contribution in [0.5, 0.6) is 5.75 Å². The number of nitrogens with zero attached hydrogens (tertiary/aromatic N) is 1. The molecule has 3 heteroatoms. The van der Waals surface area contributed by atoms with Gasteiger partial charge in [-0.1, -0.05) is 30.3 Å². The highest BCUT2D eigenvalue weighted by molar-refractivity contribution is 5.55. The Hall–Kier alpha value is -2.00. The van der Waals surface area contributed by atoms with Gasteiger partial charge in [-0.25, -0.2) is 0 Å². The number of likely N-dealkylation sites (N-methyl/N-ethyl adjacent to an activating group) is 1. The standard InChI is InChI=1S/C17H22N2O/c1-3-19(16-7-5-4-6-13(16)2)17(12-18)14-8-10-15(20)11-9-14/h4-11,17,20H,3,12,18H2,1-2H3. The van der Waals surface area contributed by atoms with Crippen LogP contribution in [-0.4, -0.2) is 18.2 Å². The molecule has 0 fully saturated rings. The van der Waals surface area contributed by atoms with Gasteiger partial charge in [0.2, 0.25) is 0 Å². The number of phenols is 1. The SMILES string of the molecule is CCN(c1ccccc1C)C(CN)c1ccc(O)cc1. The molecule has 0 saturated heterocycles. The van der Waals surface area contributed by atoms with Gasteiger partial charge in [0.05, 0.1) is 6.04 Å². The molecule has 0 spiro atoms. The summed E-state index contributed by atoms with van der Waals surface area (Å²) in [5.74, 6) is 0.281. The van der Waals surface area contributed by atoms with Crippen LogP contribution in [0.2, 0.25) is 0 Å². The zero-order chi connectivity index (χ0) is 14.5. The smallest absolute Gasteiger partial charge is 0.115 e. The van der Waals surface area contributed by atoms with Crippen LogP contribution in [0.25, 0.3) is 0 Å². The van der Waals surface area contributed by atoms with Gasteiger partial charge in [0.25, 0.3) is 0 Å². The number of hydrogen-bond donors (Lipinski definition) is 2. The minimum absolute atomic E-state index is 0.113. The molecule has 0 amide bonds. The van der Waals surface area contributed by atoms with E-state index < -0.39 is 0 Å². The number of phenolic OH excluding ortho intramolecular Hbond substituents is 1. The Balaban J connectivity index is 2.38. The van der Waals surface area contributed by atoms with Crippen molar-refractivity contribution in [2.75, 3.05) is 18.0 Å². The zero-order valence-electron chi connectivity index (χ0n) is 12.1. The number of benzene rings is 2. The maximum atomic E-state index is 9.42. The van der Waals surface area contributed by atoms with Gasteiger partial charge in [-0.3, -0.25) is 0 Å². The van der Waals surface area contributed by atoms with Crippen molar-refractivity contribution in [2.24, 2.45) is 5.73 Å². The van der Waals surface area contributed by atoms with Crippen LogP contribution in [-0.2, 0) is 0 Å². The molecular weight excluding hydrogens is 248 g/mol. The van der Waals surface area contributed by atoms with Crippen molar-refractivity contribution in [2.45, 2.75) is 19.9 Å². The molecule has 106 valence electrons. The topological polar surface area (TPSA) is 49.5 Å². The summed E-state index contributed by atoms with van der Waals surface area (Å²) in [4.78, 5) is 2.31. The van der Waals surface area contributed by atoms with Gasteiger partial charge in [0.1, 0.15) is 5.75 Å². The van der Waals surface area contributed by atoms with Gasteiger partial charge < -0.3 is 15.7 Å². The Morgan fingerprint density at radius 1 is 1.10 bits per heavy atom. The Morgan fingerprint density at radius 2 is 1.75 bits per heavy atom. The average molecular weight is 270 g/mol. The summed E-state index contributed by atoms with van der Waals surface area (Å²) in [6.45, 7) is 5.67. The van der Waals surface area contributed by atoms with Crippen LogP contribution in [0.4, 0.5) is 5.69 Å². The van der Waals surface area contributed by atoms with Gasteiger partial charge >= 0.3 is 0 Å². The second kappa shape index (κ2) is 6.44. The molecule has 2 aromatic carbocycles. The third-order valence-corrected chi connectivity index (χ3v) is 3.64. The fourth-order valence-electron chi connectivity index (χ4n) is 2.58. The second-order valence-electron chi connectivity index (χ2n) is 4.92.